The van der Waals surface area contributed by atoms with Crippen molar-refractivity contribution in [3.8, 4) is 5.82 Å². The van der Waals surface area contributed by atoms with Gasteiger partial charge in [-0.2, -0.15) is 5.10 Å². The van der Waals surface area contributed by atoms with E-state index in [4.69, 9.17) is 9.47 Å². The molecule has 2 amide bonds. The maximum atomic E-state index is 13.1. The molecule has 190 valence electrons. The van der Waals surface area contributed by atoms with Gasteiger partial charge in [-0.15, -0.1) is 0 Å². The lowest BCUT2D eigenvalue weighted by Crippen LogP contribution is -2.54. The molecule has 0 spiro atoms. The lowest BCUT2D eigenvalue weighted by molar-refractivity contribution is -0.149. The van der Waals surface area contributed by atoms with E-state index in [-0.39, 0.29) is 32.0 Å². The van der Waals surface area contributed by atoms with E-state index in [9.17, 15) is 19.2 Å². The normalized spacial score (nSPS) is 12.5. The molecular formula is C24H33N5O6. The highest BCUT2D eigenvalue weighted by molar-refractivity contribution is 5.99. The lowest BCUT2D eigenvalue weighted by atomic mass is 10.0. The molecule has 0 fully saturated rings. The van der Waals surface area contributed by atoms with Crippen LogP contribution in [0.3, 0.4) is 0 Å². The molecule has 0 saturated carbocycles. The van der Waals surface area contributed by atoms with Crippen molar-refractivity contribution in [2.45, 2.75) is 59.5 Å². The minimum absolute atomic E-state index is 0.0120. The predicted molar refractivity (Wildman–Crippen MR) is 127 cm³/mol. The molecule has 0 aromatic carbocycles. The minimum atomic E-state index is -1.06. The Morgan fingerprint density at radius 3 is 2.37 bits per heavy atom. The van der Waals surface area contributed by atoms with Gasteiger partial charge in [0.25, 0.3) is 5.91 Å². The standard InChI is InChI=1S/C24H33N5O6/c1-6-34-20(30)12-11-18(24(33)35-7-2)27-23(32)21(15(3)4)28-22(31)17-14-26-29(16(17)5)19-10-8-9-13-25-19/h8-10,13-15,18,21H,6-7,11-12H2,1-5H3,(H,27,32)(H,28,31)/t18-,21+/m1/s1. The number of pyridine rings is 1. The fraction of sp³-hybridized carbons (Fsp3) is 0.500. The summed E-state index contributed by atoms with van der Waals surface area (Å²) in [5.41, 5.74) is 0.848. The van der Waals surface area contributed by atoms with Crippen molar-refractivity contribution in [3.05, 3.63) is 41.9 Å². The third-order valence-electron chi connectivity index (χ3n) is 5.19. The van der Waals surface area contributed by atoms with Crippen LogP contribution in [0.5, 0.6) is 0 Å². The molecule has 2 N–H and O–H groups in total. The number of ether oxygens (including phenoxy) is 2. The maximum Gasteiger partial charge on any atom is 0.328 e. The van der Waals surface area contributed by atoms with E-state index in [0.29, 0.717) is 17.1 Å². The van der Waals surface area contributed by atoms with Crippen molar-refractivity contribution >= 4 is 23.8 Å². The number of aromatic nitrogens is 3. The van der Waals surface area contributed by atoms with E-state index in [0.717, 1.165) is 0 Å². The Morgan fingerprint density at radius 1 is 1.06 bits per heavy atom. The largest absolute Gasteiger partial charge is 0.466 e. The van der Waals surface area contributed by atoms with E-state index < -0.39 is 35.8 Å². The first-order valence-corrected chi connectivity index (χ1v) is 11.6. The molecule has 2 rings (SSSR count). The zero-order valence-corrected chi connectivity index (χ0v) is 20.7. The highest BCUT2D eigenvalue weighted by Gasteiger charge is 2.31. The van der Waals surface area contributed by atoms with Crippen molar-refractivity contribution in [2.24, 2.45) is 5.92 Å². The van der Waals surface area contributed by atoms with Crippen LogP contribution in [0.1, 0.15) is 56.6 Å². The first-order valence-electron chi connectivity index (χ1n) is 11.6. The third-order valence-corrected chi connectivity index (χ3v) is 5.19. The molecule has 11 heteroatoms. The van der Waals surface area contributed by atoms with Crippen LogP contribution < -0.4 is 10.6 Å². The Morgan fingerprint density at radius 2 is 1.77 bits per heavy atom. The molecule has 0 unspecified atom stereocenters. The molecule has 11 nitrogen and oxygen atoms in total. The lowest BCUT2D eigenvalue weighted by Gasteiger charge is -2.24. The summed E-state index contributed by atoms with van der Waals surface area (Å²) in [6.07, 6.45) is 2.98. The van der Waals surface area contributed by atoms with Gasteiger partial charge in [0, 0.05) is 12.6 Å². The number of carbonyl (C=O) groups excluding carboxylic acids is 4. The summed E-state index contributed by atoms with van der Waals surface area (Å²) in [5.74, 6) is -1.93. The van der Waals surface area contributed by atoms with Gasteiger partial charge in [-0.3, -0.25) is 14.4 Å². The van der Waals surface area contributed by atoms with Crippen molar-refractivity contribution < 1.29 is 28.7 Å². The molecule has 0 aliphatic heterocycles. The van der Waals surface area contributed by atoms with E-state index in [1.165, 1.54) is 10.9 Å². The van der Waals surface area contributed by atoms with Crippen LogP contribution in [0, 0.1) is 12.8 Å². The fourth-order valence-corrected chi connectivity index (χ4v) is 3.35. The first kappa shape index (κ1) is 27.5. The topological polar surface area (TPSA) is 142 Å². The van der Waals surface area contributed by atoms with Gasteiger partial charge in [0.2, 0.25) is 5.91 Å². The summed E-state index contributed by atoms with van der Waals surface area (Å²) in [6, 6.07) is 3.35. The first-order chi connectivity index (χ1) is 16.7. The molecule has 2 aromatic rings. The second-order valence-electron chi connectivity index (χ2n) is 8.10. The van der Waals surface area contributed by atoms with E-state index in [1.54, 1.807) is 52.9 Å². The number of nitrogens with zero attached hydrogens (tertiary/aromatic N) is 3. The monoisotopic (exact) mass is 487 g/mol. The maximum absolute atomic E-state index is 13.1. The number of hydrogen-bond donors (Lipinski definition) is 2. The molecule has 2 atom stereocenters. The Kier molecular flexibility index (Phi) is 10.4. The van der Waals surface area contributed by atoms with Gasteiger partial charge in [0.05, 0.1) is 30.7 Å². The van der Waals surface area contributed by atoms with Crippen LogP contribution in [0.25, 0.3) is 5.82 Å². The SMILES string of the molecule is CCOC(=O)CC[C@@H](NC(=O)[C@@H](NC(=O)c1cnn(-c2ccccn2)c1C)C(C)C)C(=O)OCC. The van der Waals surface area contributed by atoms with Crippen LogP contribution in [-0.2, 0) is 23.9 Å². The second-order valence-corrected chi connectivity index (χ2v) is 8.10. The molecule has 0 radical (unpaired) electrons. The summed E-state index contributed by atoms with van der Waals surface area (Å²) < 4.78 is 11.5. The average molecular weight is 488 g/mol. The summed E-state index contributed by atoms with van der Waals surface area (Å²) >= 11 is 0. The summed E-state index contributed by atoms with van der Waals surface area (Å²) in [6.45, 7) is 8.93. The van der Waals surface area contributed by atoms with E-state index >= 15 is 0 Å². The average Bonchev–Trinajstić information content (AvgIpc) is 3.21. The van der Waals surface area contributed by atoms with Gasteiger partial charge in [-0.05, 0) is 45.2 Å². The van der Waals surface area contributed by atoms with Crippen molar-refractivity contribution in [1.29, 1.82) is 0 Å². The second kappa shape index (κ2) is 13.2. The van der Waals surface area contributed by atoms with Crippen LogP contribution in [0.15, 0.2) is 30.6 Å². The van der Waals surface area contributed by atoms with Gasteiger partial charge >= 0.3 is 11.9 Å². The number of carbonyl (C=O) groups is 4. The zero-order chi connectivity index (χ0) is 26.0. The number of amides is 2. The Balaban J connectivity index is 2.14. The number of rotatable bonds is 12. The van der Waals surface area contributed by atoms with Crippen LogP contribution in [0.2, 0.25) is 0 Å². The smallest absolute Gasteiger partial charge is 0.328 e. The summed E-state index contributed by atoms with van der Waals surface area (Å²) in [7, 11) is 0. The Hall–Kier alpha value is -3.76. The number of hydrogen-bond acceptors (Lipinski definition) is 8. The van der Waals surface area contributed by atoms with E-state index in [1.807, 2.05) is 6.07 Å². The minimum Gasteiger partial charge on any atom is -0.466 e. The van der Waals surface area contributed by atoms with Crippen molar-refractivity contribution in [1.82, 2.24) is 25.4 Å². The van der Waals surface area contributed by atoms with Gasteiger partial charge < -0.3 is 20.1 Å². The molecule has 35 heavy (non-hydrogen) atoms. The van der Waals surface area contributed by atoms with Crippen LogP contribution in [-0.4, -0.2) is 63.8 Å². The Labute approximate surface area is 204 Å². The van der Waals surface area contributed by atoms with Crippen LogP contribution >= 0.6 is 0 Å². The molecule has 0 bridgehead atoms. The van der Waals surface area contributed by atoms with Gasteiger partial charge in [0.15, 0.2) is 5.82 Å². The van der Waals surface area contributed by atoms with Gasteiger partial charge in [-0.1, -0.05) is 19.9 Å². The summed E-state index contributed by atoms with van der Waals surface area (Å²) in [4.78, 5) is 54.4. The Bertz CT molecular complexity index is 1020. The van der Waals surface area contributed by atoms with Crippen molar-refractivity contribution in [2.75, 3.05) is 13.2 Å². The van der Waals surface area contributed by atoms with Crippen molar-refractivity contribution in [3.63, 3.8) is 0 Å². The molecule has 2 heterocycles. The van der Waals surface area contributed by atoms with Crippen LogP contribution in [0.4, 0.5) is 0 Å². The van der Waals surface area contributed by atoms with Gasteiger partial charge in [0.1, 0.15) is 12.1 Å². The predicted octanol–water partition coefficient (Wildman–Crippen LogP) is 1.72. The molecule has 0 aliphatic rings. The summed E-state index contributed by atoms with van der Waals surface area (Å²) in [5, 5.41) is 9.59. The fourth-order valence-electron chi connectivity index (χ4n) is 3.35. The van der Waals surface area contributed by atoms with E-state index in [2.05, 4.69) is 20.7 Å². The third kappa shape index (κ3) is 7.62. The number of esters is 2. The highest BCUT2D eigenvalue weighted by atomic mass is 16.5. The van der Waals surface area contributed by atoms with Gasteiger partial charge in [-0.25, -0.2) is 14.5 Å². The highest BCUT2D eigenvalue weighted by Crippen LogP contribution is 2.14. The molecule has 2 aromatic heterocycles. The molecule has 0 aliphatic carbocycles. The zero-order valence-electron chi connectivity index (χ0n) is 20.7. The number of nitrogens with one attached hydrogen (secondary N) is 2. The quantitative estimate of drug-likeness (QED) is 0.431. The molecular weight excluding hydrogens is 454 g/mol. The molecule has 0 saturated heterocycles.